The van der Waals surface area contributed by atoms with Crippen molar-refractivity contribution in [3.05, 3.63) is 21.9 Å². The highest BCUT2D eigenvalue weighted by Gasteiger charge is 2.21. The fourth-order valence-corrected chi connectivity index (χ4v) is 3.39. The van der Waals surface area contributed by atoms with Crippen LogP contribution in [0.3, 0.4) is 0 Å². The predicted molar refractivity (Wildman–Crippen MR) is 81.8 cm³/mol. The molecule has 2 N–H and O–H groups in total. The molecule has 1 aromatic heterocycles. The van der Waals surface area contributed by atoms with E-state index in [0.29, 0.717) is 11.6 Å². The lowest BCUT2D eigenvalue weighted by molar-refractivity contribution is 0.0922. The Morgan fingerprint density at radius 2 is 2.20 bits per heavy atom. The normalized spacial score (nSPS) is 21.9. The lowest BCUT2D eigenvalue weighted by Crippen LogP contribution is -2.37. The predicted octanol–water partition coefficient (Wildman–Crippen LogP) is 2.79. The number of carbonyl (C=O) groups is 1. The van der Waals surface area contributed by atoms with Crippen LogP contribution >= 0.6 is 11.3 Å². The van der Waals surface area contributed by atoms with E-state index >= 15 is 0 Å². The minimum absolute atomic E-state index is 0.00162. The van der Waals surface area contributed by atoms with E-state index in [2.05, 4.69) is 24.1 Å². The number of aliphatic hydroxyl groups is 1. The Hall–Kier alpha value is -1.31. The van der Waals surface area contributed by atoms with Crippen LogP contribution in [0.5, 0.6) is 0 Å². The van der Waals surface area contributed by atoms with Crippen LogP contribution in [0.4, 0.5) is 0 Å². The molecule has 1 saturated carbocycles. The van der Waals surface area contributed by atoms with Gasteiger partial charge in [-0.1, -0.05) is 25.2 Å². The maximum atomic E-state index is 12.1. The third kappa shape index (κ3) is 4.09. The molecule has 1 aliphatic carbocycles. The molecule has 1 heterocycles. The first kappa shape index (κ1) is 15.1. The van der Waals surface area contributed by atoms with E-state index in [-0.39, 0.29) is 12.5 Å². The maximum absolute atomic E-state index is 12.1. The molecule has 0 saturated heterocycles. The highest BCUT2D eigenvalue weighted by atomic mass is 32.1. The molecule has 20 heavy (non-hydrogen) atoms. The summed E-state index contributed by atoms with van der Waals surface area (Å²) < 4.78 is 0. The Morgan fingerprint density at radius 3 is 2.85 bits per heavy atom. The summed E-state index contributed by atoms with van der Waals surface area (Å²) in [6.45, 7) is 2.09. The molecule has 0 atom stereocenters. The highest BCUT2D eigenvalue weighted by Crippen LogP contribution is 2.26. The molecule has 0 spiro atoms. The summed E-state index contributed by atoms with van der Waals surface area (Å²) in [7, 11) is 0. The Kier molecular flexibility index (Phi) is 5.63. The standard InChI is InChI=1S/C16H21NO2S/c1-2-12-5-7-14(8-6-12)17-16(19)13-10-15(20-11-13)4-3-9-18/h10-12,14,18H,2,5-9H2,1H3,(H,17,19). The van der Waals surface area contributed by atoms with Crippen LogP contribution < -0.4 is 5.32 Å². The van der Waals surface area contributed by atoms with Gasteiger partial charge >= 0.3 is 0 Å². The lowest BCUT2D eigenvalue weighted by Gasteiger charge is -2.28. The fraction of sp³-hybridized carbons (Fsp3) is 0.562. The number of thiophene rings is 1. The molecule has 2 rings (SSSR count). The topological polar surface area (TPSA) is 49.3 Å². The van der Waals surface area contributed by atoms with Crippen LogP contribution in [0, 0.1) is 17.8 Å². The van der Waals surface area contributed by atoms with Crippen molar-refractivity contribution < 1.29 is 9.90 Å². The van der Waals surface area contributed by atoms with Crippen LogP contribution in [0.15, 0.2) is 11.4 Å². The molecule has 0 bridgehead atoms. The van der Waals surface area contributed by atoms with Gasteiger partial charge in [-0.3, -0.25) is 4.79 Å². The number of amides is 1. The van der Waals surface area contributed by atoms with E-state index in [1.165, 1.54) is 30.6 Å². The fourth-order valence-electron chi connectivity index (χ4n) is 2.63. The number of rotatable bonds is 3. The van der Waals surface area contributed by atoms with Crippen LogP contribution in [-0.2, 0) is 0 Å². The molecule has 1 fully saturated rings. The largest absolute Gasteiger partial charge is 0.384 e. The van der Waals surface area contributed by atoms with Gasteiger partial charge in [0, 0.05) is 11.4 Å². The van der Waals surface area contributed by atoms with E-state index < -0.39 is 0 Å². The molecule has 4 heteroatoms. The van der Waals surface area contributed by atoms with Crippen LogP contribution in [-0.4, -0.2) is 23.7 Å². The lowest BCUT2D eigenvalue weighted by atomic mass is 9.84. The molecule has 108 valence electrons. The van der Waals surface area contributed by atoms with Gasteiger partial charge in [-0.05, 0) is 37.7 Å². The van der Waals surface area contributed by atoms with E-state index in [1.54, 1.807) is 6.07 Å². The van der Waals surface area contributed by atoms with Crippen molar-refractivity contribution in [2.75, 3.05) is 6.61 Å². The van der Waals surface area contributed by atoms with Crippen molar-refractivity contribution in [1.29, 1.82) is 0 Å². The molecule has 1 aromatic rings. The second-order valence-corrected chi connectivity index (χ2v) is 6.17. The molecule has 0 aromatic carbocycles. The highest BCUT2D eigenvalue weighted by molar-refractivity contribution is 7.10. The van der Waals surface area contributed by atoms with E-state index in [4.69, 9.17) is 5.11 Å². The third-order valence-electron chi connectivity index (χ3n) is 3.91. The number of nitrogens with one attached hydrogen (secondary N) is 1. The summed E-state index contributed by atoms with van der Waals surface area (Å²) in [6.07, 6.45) is 5.87. The monoisotopic (exact) mass is 291 g/mol. The van der Waals surface area contributed by atoms with E-state index in [9.17, 15) is 4.79 Å². The third-order valence-corrected chi connectivity index (χ3v) is 4.76. The maximum Gasteiger partial charge on any atom is 0.252 e. The minimum atomic E-state index is -0.153. The van der Waals surface area contributed by atoms with Crippen molar-refractivity contribution in [3.63, 3.8) is 0 Å². The zero-order valence-electron chi connectivity index (χ0n) is 11.8. The van der Waals surface area contributed by atoms with Gasteiger partial charge in [0.2, 0.25) is 0 Å². The minimum Gasteiger partial charge on any atom is -0.384 e. The van der Waals surface area contributed by atoms with Gasteiger partial charge in [-0.15, -0.1) is 11.3 Å². The van der Waals surface area contributed by atoms with E-state index in [1.807, 2.05) is 5.38 Å². The van der Waals surface area contributed by atoms with Gasteiger partial charge < -0.3 is 10.4 Å². The Morgan fingerprint density at radius 1 is 1.45 bits per heavy atom. The van der Waals surface area contributed by atoms with Crippen molar-refractivity contribution in [1.82, 2.24) is 5.32 Å². The second-order valence-electron chi connectivity index (χ2n) is 5.26. The number of aliphatic hydroxyl groups excluding tert-OH is 1. The van der Waals surface area contributed by atoms with Gasteiger partial charge in [0.25, 0.3) is 5.91 Å². The summed E-state index contributed by atoms with van der Waals surface area (Å²) >= 11 is 1.44. The van der Waals surface area contributed by atoms with Crippen molar-refractivity contribution in [3.8, 4) is 11.8 Å². The summed E-state index contributed by atoms with van der Waals surface area (Å²) in [4.78, 5) is 13.0. The average Bonchev–Trinajstić information content (AvgIpc) is 2.95. The first-order valence-electron chi connectivity index (χ1n) is 7.22. The molecular formula is C16H21NO2S. The van der Waals surface area contributed by atoms with Crippen molar-refractivity contribution >= 4 is 17.2 Å². The number of hydrogen-bond acceptors (Lipinski definition) is 3. The van der Waals surface area contributed by atoms with Gasteiger partial charge in [0.15, 0.2) is 0 Å². The van der Waals surface area contributed by atoms with Crippen LogP contribution in [0.25, 0.3) is 0 Å². The van der Waals surface area contributed by atoms with Gasteiger partial charge in [-0.25, -0.2) is 0 Å². The van der Waals surface area contributed by atoms with Crippen molar-refractivity contribution in [2.45, 2.75) is 45.1 Å². The smallest absolute Gasteiger partial charge is 0.252 e. The molecule has 1 aliphatic rings. The SMILES string of the molecule is CCC1CCC(NC(=O)c2csc(C#CCO)c2)CC1. The summed E-state index contributed by atoms with van der Waals surface area (Å²) in [6, 6.07) is 2.11. The molecule has 1 amide bonds. The molecular weight excluding hydrogens is 270 g/mol. The Labute approximate surface area is 124 Å². The van der Waals surface area contributed by atoms with Crippen LogP contribution in [0.1, 0.15) is 54.3 Å². The van der Waals surface area contributed by atoms with E-state index in [0.717, 1.165) is 23.6 Å². The molecule has 3 nitrogen and oxygen atoms in total. The van der Waals surface area contributed by atoms with Gasteiger partial charge in [-0.2, -0.15) is 0 Å². The summed E-state index contributed by atoms with van der Waals surface area (Å²) in [5, 5.41) is 13.6. The molecule has 0 aliphatic heterocycles. The average molecular weight is 291 g/mol. The zero-order valence-corrected chi connectivity index (χ0v) is 12.6. The van der Waals surface area contributed by atoms with Gasteiger partial charge in [0.1, 0.15) is 6.61 Å². The summed E-state index contributed by atoms with van der Waals surface area (Å²) in [5.74, 6) is 6.25. The van der Waals surface area contributed by atoms with Gasteiger partial charge in [0.05, 0.1) is 10.4 Å². The number of hydrogen-bond donors (Lipinski definition) is 2. The Bertz CT molecular complexity index is 504. The first-order valence-corrected chi connectivity index (χ1v) is 8.10. The molecule has 0 unspecified atom stereocenters. The quantitative estimate of drug-likeness (QED) is 0.841. The van der Waals surface area contributed by atoms with Crippen LogP contribution in [0.2, 0.25) is 0 Å². The Balaban J connectivity index is 1.87. The van der Waals surface area contributed by atoms with Crippen molar-refractivity contribution in [2.24, 2.45) is 5.92 Å². The second kappa shape index (κ2) is 7.47. The summed E-state index contributed by atoms with van der Waals surface area (Å²) in [5.41, 5.74) is 0.676. The molecule has 0 radical (unpaired) electrons. The number of carbonyl (C=O) groups excluding carboxylic acids is 1. The first-order chi connectivity index (χ1) is 9.72. The zero-order chi connectivity index (χ0) is 14.4.